The molecule has 1 aromatic heterocycles. The minimum atomic E-state index is -3.61. The highest BCUT2D eigenvalue weighted by Gasteiger charge is 2.66. The molecule has 18 heavy (non-hydrogen) atoms. The monoisotopic (exact) mass is 288 g/mol. The van der Waals surface area contributed by atoms with Crippen LogP contribution >= 0.6 is 11.6 Å². The first kappa shape index (κ1) is 13.8. The summed E-state index contributed by atoms with van der Waals surface area (Å²) in [5, 5.41) is 0.00117. The second-order valence-corrected chi connectivity index (χ2v) is 7.83. The highest BCUT2D eigenvalue weighted by Crippen LogP contribution is 2.62. The average molecular weight is 289 g/mol. The van der Waals surface area contributed by atoms with Crippen molar-refractivity contribution in [3.63, 3.8) is 0 Å². The lowest BCUT2D eigenvalue weighted by Gasteiger charge is -2.08. The molecule has 1 aliphatic carbocycles. The third-order valence-electron chi connectivity index (χ3n) is 4.31. The summed E-state index contributed by atoms with van der Waals surface area (Å²) < 4.78 is 27.2. The Balaban J connectivity index is 2.29. The molecule has 6 heteroatoms. The number of halogens is 1. The normalized spacial score (nSPS) is 21.8. The van der Waals surface area contributed by atoms with E-state index in [2.05, 4.69) is 9.71 Å². The largest absolute Gasteiger partial charge is 0.243 e. The quantitative estimate of drug-likeness (QED) is 0.869. The highest BCUT2D eigenvalue weighted by molar-refractivity contribution is 7.89. The summed E-state index contributed by atoms with van der Waals surface area (Å²) in [6, 6.07) is 2.93. The topological polar surface area (TPSA) is 59.1 Å². The van der Waals surface area contributed by atoms with Crippen molar-refractivity contribution in [2.45, 2.75) is 38.6 Å². The molecule has 1 heterocycles. The molecule has 0 unspecified atom stereocenters. The van der Waals surface area contributed by atoms with Gasteiger partial charge in [-0.15, -0.1) is 0 Å². The van der Waals surface area contributed by atoms with E-state index >= 15 is 0 Å². The number of rotatable bonds is 3. The molecule has 0 saturated heterocycles. The molecule has 1 N–H and O–H groups in total. The predicted molar refractivity (Wildman–Crippen MR) is 70.9 cm³/mol. The van der Waals surface area contributed by atoms with E-state index in [0.717, 1.165) is 0 Å². The van der Waals surface area contributed by atoms with Crippen molar-refractivity contribution in [1.82, 2.24) is 9.71 Å². The van der Waals surface area contributed by atoms with Crippen LogP contribution in [-0.4, -0.2) is 19.4 Å². The Kier molecular flexibility index (Phi) is 3.00. The van der Waals surface area contributed by atoms with Crippen molar-refractivity contribution in [3.05, 3.63) is 23.5 Å². The van der Waals surface area contributed by atoms with Gasteiger partial charge in [-0.1, -0.05) is 39.3 Å². The molecule has 1 aromatic rings. The molecule has 100 valence electrons. The van der Waals surface area contributed by atoms with E-state index in [1.807, 2.05) is 27.7 Å². The fraction of sp³-hybridized carbons (Fsp3) is 0.583. The van der Waals surface area contributed by atoms with Crippen LogP contribution in [0.15, 0.2) is 23.2 Å². The van der Waals surface area contributed by atoms with Crippen LogP contribution in [0.2, 0.25) is 5.15 Å². The first-order chi connectivity index (χ1) is 8.11. The standard InChI is InChI=1S/C12H17ClN2O2S/c1-11(2)10(12(11,3)4)15-18(16,17)8-6-5-7-14-9(8)13/h5-7,10,15H,1-4H3. The van der Waals surface area contributed by atoms with Gasteiger partial charge in [0.2, 0.25) is 10.0 Å². The van der Waals surface area contributed by atoms with Crippen molar-refractivity contribution in [2.24, 2.45) is 10.8 Å². The maximum absolute atomic E-state index is 12.2. The minimum absolute atomic E-state index is 0.00117. The molecule has 0 atom stereocenters. The third-order valence-corrected chi connectivity index (χ3v) is 6.18. The predicted octanol–water partition coefficient (Wildman–Crippen LogP) is 2.45. The van der Waals surface area contributed by atoms with E-state index in [1.54, 1.807) is 6.07 Å². The Bertz CT molecular complexity index is 567. The van der Waals surface area contributed by atoms with Crippen molar-refractivity contribution in [2.75, 3.05) is 0 Å². The van der Waals surface area contributed by atoms with Crippen LogP contribution in [-0.2, 0) is 10.0 Å². The summed E-state index contributed by atoms with van der Waals surface area (Å²) >= 11 is 5.82. The van der Waals surface area contributed by atoms with Crippen LogP contribution in [0.5, 0.6) is 0 Å². The Hall–Kier alpha value is -0.650. The molecule has 1 saturated carbocycles. The molecule has 1 fully saturated rings. The Morgan fingerprint density at radius 2 is 1.83 bits per heavy atom. The SMILES string of the molecule is CC1(C)C(NS(=O)(=O)c2cccnc2Cl)C1(C)C. The van der Waals surface area contributed by atoms with Gasteiger partial charge in [0.15, 0.2) is 0 Å². The maximum atomic E-state index is 12.2. The van der Waals surface area contributed by atoms with Crippen LogP contribution in [0.1, 0.15) is 27.7 Å². The van der Waals surface area contributed by atoms with E-state index in [4.69, 9.17) is 11.6 Å². The molecule has 0 spiro atoms. The fourth-order valence-electron chi connectivity index (χ4n) is 2.28. The molecule has 0 aliphatic heterocycles. The second-order valence-electron chi connectivity index (χ2n) is 5.79. The zero-order chi connectivity index (χ0) is 13.8. The van der Waals surface area contributed by atoms with E-state index in [9.17, 15) is 8.42 Å². The zero-order valence-corrected chi connectivity index (χ0v) is 12.4. The average Bonchev–Trinajstić information content (AvgIpc) is 2.61. The van der Waals surface area contributed by atoms with Crippen LogP contribution < -0.4 is 4.72 Å². The highest BCUT2D eigenvalue weighted by atomic mass is 35.5. The van der Waals surface area contributed by atoms with Gasteiger partial charge in [0, 0.05) is 12.2 Å². The number of pyridine rings is 1. The van der Waals surface area contributed by atoms with Gasteiger partial charge in [-0.25, -0.2) is 18.1 Å². The van der Waals surface area contributed by atoms with Crippen LogP contribution in [0.4, 0.5) is 0 Å². The van der Waals surface area contributed by atoms with E-state index in [0.29, 0.717) is 0 Å². The number of nitrogens with one attached hydrogen (secondary N) is 1. The van der Waals surface area contributed by atoms with Crippen LogP contribution in [0, 0.1) is 10.8 Å². The summed E-state index contributed by atoms with van der Waals surface area (Å²) in [7, 11) is -3.61. The van der Waals surface area contributed by atoms with E-state index in [1.165, 1.54) is 12.3 Å². The number of aromatic nitrogens is 1. The third kappa shape index (κ3) is 1.94. The van der Waals surface area contributed by atoms with Gasteiger partial charge in [0.25, 0.3) is 0 Å². The zero-order valence-electron chi connectivity index (χ0n) is 10.9. The van der Waals surface area contributed by atoms with Gasteiger partial charge < -0.3 is 0 Å². The first-order valence-electron chi connectivity index (χ1n) is 5.73. The lowest BCUT2D eigenvalue weighted by atomic mass is 10.0. The van der Waals surface area contributed by atoms with Crippen molar-refractivity contribution >= 4 is 21.6 Å². The number of nitrogens with zero attached hydrogens (tertiary/aromatic N) is 1. The molecular formula is C12H17ClN2O2S. The fourth-order valence-corrected chi connectivity index (χ4v) is 4.26. The molecule has 0 bridgehead atoms. The summed E-state index contributed by atoms with van der Waals surface area (Å²) in [5.41, 5.74) is -0.122. The Morgan fingerprint density at radius 3 is 2.28 bits per heavy atom. The summed E-state index contributed by atoms with van der Waals surface area (Å²) in [4.78, 5) is 3.82. The molecule has 0 radical (unpaired) electrons. The molecular weight excluding hydrogens is 272 g/mol. The van der Waals surface area contributed by atoms with E-state index in [-0.39, 0.29) is 26.9 Å². The van der Waals surface area contributed by atoms with Gasteiger partial charge in [-0.2, -0.15) is 0 Å². The molecule has 2 rings (SSSR count). The molecule has 4 nitrogen and oxygen atoms in total. The Morgan fingerprint density at radius 1 is 1.28 bits per heavy atom. The van der Waals surface area contributed by atoms with Gasteiger partial charge >= 0.3 is 0 Å². The number of sulfonamides is 1. The van der Waals surface area contributed by atoms with Crippen molar-refractivity contribution < 1.29 is 8.42 Å². The minimum Gasteiger partial charge on any atom is -0.243 e. The summed E-state index contributed by atoms with van der Waals surface area (Å²) in [6.45, 7) is 8.19. The summed E-state index contributed by atoms with van der Waals surface area (Å²) in [6.07, 6.45) is 1.46. The van der Waals surface area contributed by atoms with Crippen LogP contribution in [0.3, 0.4) is 0 Å². The maximum Gasteiger partial charge on any atom is 0.243 e. The molecule has 0 amide bonds. The van der Waals surface area contributed by atoms with Gasteiger partial charge in [-0.3, -0.25) is 0 Å². The Labute approximate surface area is 113 Å². The molecule has 0 aromatic carbocycles. The second kappa shape index (κ2) is 3.92. The number of hydrogen-bond donors (Lipinski definition) is 1. The van der Waals surface area contributed by atoms with Gasteiger partial charge in [0.05, 0.1) is 0 Å². The van der Waals surface area contributed by atoms with Crippen LogP contribution in [0.25, 0.3) is 0 Å². The number of hydrogen-bond acceptors (Lipinski definition) is 3. The van der Waals surface area contributed by atoms with Gasteiger partial charge in [0.1, 0.15) is 10.0 Å². The van der Waals surface area contributed by atoms with Crippen molar-refractivity contribution in [1.29, 1.82) is 0 Å². The lowest BCUT2D eigenvalue weighted by molar-refractivity contribution is 0.457. The lowest BCUT2D eigenvalue weighted by Crippen LogP contribution is -2.30. The smallest absolute Gasteiger partial charge is 0.243 e. The molecule has 1 aliphatic rings. The first-order valence-corrected chi connectivity index (χ1v) is 7.59. The van der Waals surface area contributed by atoms with Crippen molar-refractivity contribution in [3.8, 4) is 0 Å². The van der Waals surface area contributed by atoms with E-state index < -0.39 is 10.0 Å². The van der Waals surface area contributed by atoms with Gasteiger partial charge in [-0.05, 0) is 23.0 Å². The summed E-state index contributed by atoms with van der Waals surface area (Å²) in [5.74, 6) is 0.